The van der Waals surface area contributed by atoms with Crippen molar-refractivity contribution in [3.8, 4) is 0 Å². The van der Waals surface area contributed by atoms with E-state index >= 15 is 0 Å². The fourth-order valence-electron chi connectivity index (χ4n) is 2.73. The van der Waals surface area contributed by atoms with E-state index in [0.717, 1.165) is 31.6 Å². The van der Waals surface area contributed by atoms with Crippen LogP contribution in [0.5, 0.6) is 0 Å². The van der Waals surface area contributed by atoms with Crippen LogP contribution in [-0.4, -0.2) is 23.6 Å². The summed E-state index contributed by atoms with van der Waals surface area (Å²) in [5, 5.41) is 7.46. The van der Waals surface area contributed by atoms with Crippen LogP contribution in [0.25, 0.3) is 0 Å². The molecule has 5 heteroatoms. The molecule has 0 aromatic heterocycles. The molecule has 1 saturated heterocycles. The van der Waals surface area contributed by atoms with Crippen molar-refractivity contribution in [2.75, 3.05) is 18.2 Å². The molecular weight excluding hydrogens is 243 g/mol. The number of hydrazine groups is 2. The van der Waals surface area contributed by atoms with Crippen molar-refractivity contribution < 1.29 is 4.39 Å². The maximum absolute atomic E-state index is 13.4. The third kappa shape index (κ3) is 2.26. The Bertz CT molecular complexity index is 482. The molecule has 0 atom stereocenters. The molecule has 0 amide bonds. The van der Waals surface area contributed by atoms with Gasteiger partial charge in [-0.3, -0.25) is 10.4 Å². The van der Waals surface area contributed by atoms with Crippen LogP contribution < -0.4 is 15.9 Å². The van der Waals surface area contributed by atoms with Crippen molar-refractivity contribution in [2.45, 2.75) is 25.3 Å². The highest BCUT2D eigenvalue weighted by molar-refractivity contribution is 5.46. The van der Waals surface area contributed by atoms with Gasteiger partial charge in [0.2, 0.25) is 0 Å². The number of hydrogen-bond donors (Lipinski definition) is 2. The number of benzene rings is 1. The van der Waals surface area contributed by atoms with Crippen LogP contribution in [0.3, 0.4) is 0 Å². The first-order chi connectivity index (χ1) is 9.19. The van der Waals surface area contributed by atoms with Crippen molar-refractivity contribution in [1.82, 2.24) is 15.8 Å². The minimum atomic E-state index is -0.221. The summed E-state index contributed by atoms with van der Waals surface area (Å²) < 4.78 is 13.4. The summed E-state index contributed by atoms with van der Waals surface area (Å²) in [7, 11) is 0. The van der Waals surface area contributed by atoms with Gasteiger partial charge in [0.05, 0.1) is 11.2 Å². The second-order valence-corrected chi connectivity index (χ2v) is 5.33. The van der Waals surface area contributed by atoms with Crippen molar-refractivity contribution >= 4 is 5.69 Å². The first-order valence-electron chi connectivity index (χ1n) is 6.68. The molecule has 0 radical (unpaired) electrons. The largest absolute Gasteiger partial charge is 0.317 e. The Morgan fingerprint density at radius 2 is 2.05 bits per heavy atom. The van der Waals surface area contributed by atoms with Gasteiger partial charge in [0.1, 0.15) is 5.82 Å². The molecule has 0 saturated carbocycles. The molecule has 0 unspecified atom stereocenters. The SMILES string of the molecule is CC1(N2C=CNN2c2cccc(F)c2)CCNCC1. The monoisotopic (exact) mass is 262 g/mol. The maximum Gasteiger partial charge on any atom is 0.125 e. The molecule has 2 N–H and O–H groups in total. The van der Waals surface area contributed by atoms with Gasteiger partial charge < -0.3 is 5.32 Å². The second kappa shape index (κ2) is 4.74. The van der Waals surface area contributed by atoms with Gasteiger partial charge in [-0.1, -0.05) is 6.07 Å². The molecule has 4 nitrogen and oxygen atoms in total. The normalized spacial score (nSPS) is 21.6. The molecule has 2 heterocycles. The van der Waals surface area contributed by atoms with Gasteiger partial charge in [-0.2, -0.15) is 5.12 Å². The first-order valence-corrected chi connectivity index (χ1v) is 6.68. The van der Waals surface area contributed by atoms with E-state index < -0.39 is 0 Å². The zero-order valence-corrected chi connectivity index (χ0v) is 11.1. The van der Waals surface area contributed by atoms with Gasteiger partial charge in [0, 0.05) is 18.5 Å². The summed E-state index contributed by atoms with van der Waals surface area (Å²) in [6, 6.07) is 6.63. The first kappa shape index (κ1) is 12.3. The topological polar surface area (TPSA) is 30.5 Å². The van der Waals surface area contributed by atoms with Crippen LogP contribution in [0.15, 0.2) is 36.7 Å². The highest BCUT2D eigenvalue weighted by Crippen LogP contribution is 2.31. The fourth-order valence-corrected chi connectivity index (χ4v) is 2.73. The quantitative estimate of drug-likeness (QED) is 0.853. The van der Waals surface area contributed by atoms with Crippen LogP contribution in [-0.2, 0) is 0 Å². The smallest absolute Gasteiger partial charge is 0.125 e. The van der Waals surface area contributed by atoms with E-state index in [1.165, 1.54) is 12.1 Å². The van der Waals surface area contributed by atoms with Crippen LogP contribution in [0.2, 0.25) is 0 Å². The summed E-state index contributed by atoms with van der Waals surface area (Å²) in [6.07, 6.45) is 6.03. The maximum atomic E-state index is 13.4. The highest BCUT2D eigenvalue weighted by Gasteiger charge is 2.37. The Morgan fingerprint density at radius 3 is 2.79 bits per heavy atom. The van der Waals surface area contributed by atoms with Gasteiger partial charge in [-0.25, -0.2) is 4.39 Å². The molecule has 1 fully saturated rings. The molecule has 102 valence electrons. The molecule has 0 bridgehead atoms. The lowest BCUT2D eigenvalue weighted by atomic mass is 9.90. The molecule has 1 aromatic rings. The lowest BCUT2D eigenvalue weighted by Crippen LogP contribution is -2.57. The second-order valence-electron chi connectivity index (χ2n) is 5.33. The van der Waals surface area contributed by atoms with Crippen LogP contribution >= 0.6 is 0 Å². The standard InChI is InChI=1S/C14H19FN4/c1-14(5-7-16-8-6-14)18-10-9-17-19(18)13-4-2-3-12(15)11-13/h2-4,9-11,16-17H,5-8H2,1H3. The van der Waals surface area contributed by atoms with Crippen molar-refractivity contribution in [1.29, 1.82) is 0 Å². The molecule has 0 spiro atoms. The van der Waals surface area contributed by atoms with Crippen LogP contribution in [0, 0.1) is 5.82 Å². The number of nitrogens with one attached hydrogen (secondary N) is 2. The summed E-state index contributed by atoms with van der Waals surface area (Å²) in [4.78, 5) is 0. The summed E-state index contributed by atoms with van der Waals surface area (Å²) in [5.41, 5.74) is 4.03. The highest BCUT2D eigenvalue weighted by atomic mass is 19.1. The van der Waals surface area contributed by atoms with Gasteiger partial charge in [0.25, 0.3) is 0 Å². The Labute approximate surface area is 112 Å². The third-order valence-corrected chi connectivity index (χ3v) is 3.91. The van der Waals surface area contributed by atoms with E-state index in [1.54, 1.807) is 6.07 Å². The fraction of sp³-hybridized carbons (Fsp3) is 0.429. The predicted molar refractivity (Wildman–Crippen MR) is 73.5 cm³/mol. The average Bonchev–Trinajstić information content (AvgIpc) is 2.89. The number of hydrogen-bond acceptors (Lipinski definition) is 4. The predicted octanol–water partition coefficient (Wildman–Crippen LogP) is 1.98. The number of halogens is 1. The third-order valence-electron chi connectivity index (χ3n) is 3.91. The number of piperidine rings is 1. The van der Waals surface area contributed by atoms with E-state index in [-0.39, 0.29) is 11.4 Å². The molecule has 0 aliphatic carbocycles. The van der Waals surface area contributed by atoms with Gasteiger partial charge in [-0.15, -0.1) is 0 Å². The molecular formula is C14H19FN4. The summed E-state index contributed by atoms with van der Waals surface area (Å²) >= 11 is 0. The summed E-state index contributed by atoms with van der Waals surface area (Å²) in [6.45, 7) is 4.27. The average molecular weight is 262 g/mol. The Morgan fingerprint density at radius 1 is 1.26 bits per heavy atom. The molecule has 19 heavy (non-hydrogen) atoms. The lowest BCUT2D eigenvalue weighted by Gasteiger charge is -2.46. The van der Waals surface area contributed by atoms with Crippen molar-refractivity contribution in [2.24, 2.45) is 0 Å². The van der Waals surface area contributed by atoms with E-state index in [2.05, 4.69) is 22.7 Å². The van der Waals surface area contributed by atoms with E-state index in [4.69, 9.17) is 0 Å². The zero-order chi connectivity index (χ0) is 13.3. The minimum Gasteiger partial charge on any atom is -0.317 e. The molecule has 1 aromatic carbocycles. The van der Waals surface area contributed by atoms with Gasteiger partial charge in [-0.05, 0) is 45.0 Å². The number of rotatable bonds is 2. The number of anilines is 1. The Hall–Kier alpha value is -1.75. The lowest BCUT2D eigenvalue weighted by molar-refractivity contribution is 0.112. The molecule has 2 aliphatic heterocycles. The Kier molecular flexibility index (Phi) is 3.06. The molecule has 3 rings (SSSR count). The van der Waals surface area contributed by atoms with Crippen LogP contribution in [0.1, 0.15) is 19.8 Å². The zero-order valence-electron chi connectivity index (χ0n) is 11.1. The van der Waals surface area contributed by atoms with Crippen molar-refractivity contribution in [3.63, 3.8) is 0 Å². The van der Waals surface area contributed by atoms with E-state index in [9.17, 15) is 4.39 Å². The van der Waals surface area contributed by atoms with Gasteiger partial charge >= 0.3 is 0 Å². The van der Waals surface area contributed by atoms with E-state index in [0.29, 0.717) is 0 Å². The molecule has 2 aliphatic rings. The minimum absolute atomic E-state index is 0.0531. The van der Waals surface area contributed by atoms with Crippen LogP contribution in [0.4, 0.5) is 10.1 Å². The van der Waals surface area contributed by atoms with Crippen molar-refractivity contribution in [3.05, 3.63) is 42.5 Å². The summed E-state index contributed by atoms with van der Waals surface area (Å²) in [5.74, 6) is -0.221. The van der Waals surface area contributed by atoms with Gasteiger partial charge in [0.15, 0.2) is 0 Å². The number of nitrogens with zero attached hydrogens (tertiary/aromatic N) is 2. The van der Waals surface area contributed by atoms with E-state index in [1.807, 2.05) is 23.6 Å². The Balaban J connectivity index is 1.86.